The zero-order valence-electron chi connectivity index (χ0n) is 18.5. The molecule has 5 rings (SSSR count). The molecule has 3 aromatic carbocycles. The maximum absolute atomic E-state index is 13.4. The van der Waals surface area contributed by atoms with E-state index < -0.39 is 0 Å². The lowest BCUT2D eigenvalue weighted by atomic mass is 9.90. The van der Waals surface area contributed by atoms with Gasteiger partial charge in [0, 0.05) is 18.7 Å². The van der Waals surface area contributed by atoms with E-state index in [9.17, 15) is 9.90 Å². The van der Waals surface area contributed by atoms with Crippen molar-refractivity contribution in [2.45, 2.75) is 19.3 Å². The summed E-state index contributed by atoms with van der Waals surface area (Å²) in [5.74, 6) is 0.785. The number of nitrogens with zero attached hydrogens (tertiary/aromatic N) is 3. The Bertz CT molecular complexity index is 1210. The van der Waals surface area contributed by atoms with Gasteiger partial charge in [0.25, 0.3) is 5.91 Å². The van der Waals surface area contributed by atoms with Crippen LogP contribution in [0, 0.1) is 5.92 Å². The minimum absolute atomic E-state index is 0.0251. The fourth-order valence-electron chi connectivity index (χ4n) is 4.54. The number of hydrogen-bond acceptors (Lipinski definition) is 3. The Hall–Kier alpha value is -3.86. The van der Waals surface area contributed by atoms with Crippen LogP contribution in [0.1, 0.15) is 28.9 Å². The smallest absolute Gasteiger partial charge is 0.274 e. The van der Waals surface area contributed by atoms with Gasteiger partial charge in [-0.15, -0.1) is 0 Å². The largest absolute Gasteiger partial charge is 0.508 e. The number of aromatic nitrogens is 2. The van der Waals surface area contributed by atoms with Crippen molar-refractivity contribution in [3.8, 4) is 22.7 Å². The van der Waals surface area contributed by atoms with Gasteiger partial charge < -0.3 is 10.0 Å². The van der Waals surface area contributed by atoms with Gasteiger partial charge in [-0.1, -0.05) is 48.5 Å². The highest BCUT2D eigenvalue weighted by Crippen LogP contribution is 2.28. The molecule has 1 amide bonds. The maximum atomic E-state index is 13.4. The Balaban J connectivity index is 1.36. The second-order valence-corrected chi connectivity index (χ2v) is 8.63. The molecular weight excluding hydrogens is 410 g/mol. The van der Waals surface area contributed by atoms with Gasteiger partial charge in [-0.25, -0.2) is 4.68 Å². The predicted octanol–water partition coefficient (Wildman–Crippen LogP) is 5.34. The van der Waals surface area contributed by atoms with E-state index in [1.165, 1.54) is 5.56 Å². The van der Waals surface area contributed by atoms with Crippen molar-refractivity contribution in [1.29, 1.82) is 0 Å². The number of phenols is 1. The third-order valence-electron chi connectivity index (χ3n) is 6.36. The molecule has 0 unspecified atom stereocenters. The van der Waals surface area contributed by atoms with E-state index in [2.05, 4.69) is 24.3 Å². The van der Waals surface area contributed by atoms with Crippen molar-refractivity contribution in [2.24, 2.45) is 5.92 Å². The summed E-state index contributed by atoms with van der Waals surface area (Å²) in [4.78, 5) is 15.3. The fourth-order valence-corrected chi connectivity index (χ4v) is 4.54. The number of aromatic hydroxyl groups is 1. The molecule has 166 valence electrons. The van der Waals surface area contributed by atoms with Crippen LogP contribution in [0.5, 0.6) is 5.75 Å². The average molecular weight is 438 g/mol. The Morgan fingerprint density at radius 3 is 2.18 bits per heavy atom. The van der Waals surface area contributed by atoms with E-state index in [1.54, 1.807) is 12.1 Å². The van der Waals surface area contributed by atoms with E-state index >= 15 is 0 Å². The maximum Gasteiger partial charge on any atom is 0.274 e. The number of piperidine rings is 1. The molecule has 0 bridgehead atoms. The van der Waals surface area contributed by atoms with Gasteiger partial charge in [0.05, 0.1) is 11.4 Å². The van der Waals surface area contributed by atoms with Crippen molar-refractivity contribution in [1.82, 2.24) is 14.7 Å². The molecular formula is C28H27N3O2. The van der Waals surface area contributed by atoms with Crippen molar-refractivity contribution in [2.75, 3.05) is 13.1 Å². The van der Waals surface area contributed by atoms with E-state index in [1.807, 2.05) is 64.2 Å². The van der Waals surface area contributed by atoms with Crippen molar-refractivity contribution >= 4 is 5.91 Å². The third-order valence-corrected chi connectivity index (χ3v) is 6.36. The second-order valence-electron chi connectivity index (χ2n) is 8.63. The van der Waals surface area contributed by atoms with Gasteiger partial charge in [-0.05, 0) is 73.2 Å². The van der Waals surface area contributed by atoms with Crippen LogP contribution in [0.3, 0.4) is 0 Å². The molecule has 5 nitrogen and oxygen atoms in total. The van der Waals surface area contributed by atoms with E-state index in [-0.39, 0.29) is 11.7 Å². The minimum atomic E-state index is -0.0251. The molecule has 4 aromatic rings. The Morgan fingerprint density at radius 1 is 0.879 bits per heavy atom. The van der Waals surface area contributed by atoms with Crippen LogP contribution in [-0.2, 0) is 6.42 Å². The van der Waals surface area contributed by atoms with Crippen LogP contribution in [0.15, 0.2) is 91.0 Å². The number of amides is 1. The summed E-state index contributed by atoms with van der Waals surface area (Å²) in [6.45, 7) is 1.51. The molecule has 1 aliphatic rings. The van der Waals surface area contributed by atoms with E-state index in [4.69, 9.17) is 5.10 Å². The summed E-state index contributed by atoms with van der Waals surface area (Å²) in [5, 5.41) is 14.4. The number of benzene rings is 3. The summed E-state index contributed by atoms with van der Waals surface area (Å²) >= 11 is 0. The van der Waals surface area contributed by atoms with Crippen LogP contribution in [0.25, 0.3) is 16.9 Å². The summed E-state index contributed by atoms with van der Waals surface area (Å²) in [6.07, 6.45) is 3.08. The third kappa shape index (κ3) is 4.67. The van der Waals surface area contributed by atoms with Crippen molar-refractivity contribution in [3.63, 3.8) is 0 Å². The zero-order chi connectivity index (χ0) is 22.6. The molecule has 1 aromatic heterocycles. The van der Waals surface area contributed by atoms with Crippen LogP contribution >= 0.6 is 0 Å². The normalized spacial score (nSPS) is 14.4. The van der Waals surface area contributed by atoms with E-state index in [0.717, 1.165) is 49.3 Å². The molecule has 1 saturated heterocycles. The lowest BCUT2D eigenvalue weighted by Gasteiger charge is -2.31. The first-order valence-corrected chi connectivity index (χ1v) is 11.5. The summed E-state index contributed by atoms with van der Waals surface area (Å²) in [6, 6.07) is 29.2. The van der Waals surface area contributed by atoms with Gasteiger partial charge in [0.2, 0.25) is 0 Å². The highest BCUT2D eigenvalue weighted by atomic mass is 16.3. The van der Waals surface area contributed by atoms with Crippen molar-refractivity contribution < 1.29 is 9.90 Å². The molecule has 1 N–H and O–H groups in total. The standard InChI is InChI=1S/C28H27N3O2/c32-25-13-11-23(12-14-25)27-20-26(29-31(27)24-9-5-2-6-10-24)28(33)30-17-15-22(16-18-30)19-21-7-3-1-4-8-21/h1-14,20,22,32H,15-19H2. The SMILES string of the molecule is O=C(c1cc(-c2ccc(O)cc2)n(-c2ccccc2)n1)N1CCC(Cc2ccccc2)CC1. The molecule has 1 aliphatic heterocycles. The molecule has 2 heterocycles. The molecule has 0 radical (unpaired) electrons. The van der Waals surface area contributed by atoms with Gasteiger partial charge in [0.15, 0.2) is 5.69 Å². The Kier molecular flexibility index (Phi) is 5.94. The second kappa shape index (κ2) is 9.33. The Labute approximate surface area is 193 Å². The predicted molar refractivity (Wildman–Crippen MR) is 129 cm³/mol. The zero-order valence-corrected chi connectivity index (χ0v) is 18.5. The van der Waals surface area contributed by atoms with Gasteiger partial charge in [0.1, 0.15) is 5.75 Å². The van der Waals surface area contributed by atoms with Gasteiger partial charge in [-0.3, -0.25) is 4.79 Å². The topological polar surface area (TPSA) is 58.4 Å². The highest BCUT2D eigenvalue weighted by molar-refractivity contribution is 5.93. The number of rotatable bonds is 5. The van der Waals surface area contributed by atoms with Crippen LogP contribution in [-0.4, -0.2) is 38.8 Å². The summed E-state index contributed by atoms with van der Waals surface area (Å²) < 4.78 is 1.81. The number of hydrogen-bond donors (Lipinski definition) is 1. The minimum Gasteiger partial charge on any atom is -0.508 e. The first-order valence-electron chi connectivity index (χ1n) is 11.5. The number of likely N-dealkylation sites (tertiary alicyclic amines) is 1. The van der Waals surface area contributed by atoms with Gasteiger partial charge >= 0.3 is 0 Å². The highest BCUT2D eigenvalue weighted by Gasteiger charge is 2.26. The van der Waals surface area contributed by atoms with E-state index in [0.29, 0.717) is 11.6 Å². The number of carbonyl (C=O) groups is 1. The number of carbonyl (C=O) groups excluding carboxylic acids is 1. The summed E-state index contributed by atoms with van der Waals surface area (Å²) in [5.41, 5.74) is 4.42. The first kappa shape index (κ1) is 21.0. The lowest BCUT2D eigenvalue weighted by Crippen LogP contribution is -2.39. The fraction of sp³-hybridized carbons (Fsp3) is 0.214. The molecule has 5 heteroatoms. The summed E-state index contributed by atoms with van der Waals surface area (Å²) in [7, 11) is 0. The van der Waals surface area contributed by atoms with Crippen LogP contribution in [0.2, 0.25) is 0 Å². The van der Waals surface area contributed by atoms with Crippen LogP contribution < -0.4 is 0 Å². The lowest BCUT2D eigenvalue weighted by molar-refractivity contribution is 0.0684. The first-order chi connectivity index (χ1) is 16.2. The number of para-hydroxylation sites is 1. The monoisotopic (exact) mass is 437 g/mol. The molecule has 0 atom stereocenters. The average Bonchev–Trinajstić information content (AvgIpc) is 3.31. The molecule has 1 fully saturated rings. The van der Waals surface area contributed by atoms with Crippen molar-refractivity contribution in [3.05, 3.63) is 102 Å². The quantitative estimate of drug-likeness (QED) is 0.458. The molecule has 33 heavy (non-hydrogen) atoms. The Morgan fingerprint density at radius 2 is 1.52 bits per heavy atom. The molecule has 0 spiro atoms. The van der Waals surface area contributed by atoms with Crippen LogP contribution in [0.4, 0.5) is 0 Å². The number of phenolic OH excluding ortho intramolecular Hbond substituents is 1. The van der Waals surface area contributed by atoms with Gasteiger partial charge in [-0.2, -0.15) is 5.10 Å². The molecule has 0 aliphatic carbocycles. The molecule has 0 saturated carbocycles.